The number of hydrogen-bond donors (Lipinski definition) is 1. The first-order chi connectivity index (χ1) is 15.5. The zero-order chi connectivity index (χ0) is 22.2. The van der Waals surface area contributed by atoms with Crippen molar-refractivity contribution in [3.8, 4) is 12.0 Å². The molecule has 0 aliphatic carbocycles. The second-order valence-electron chi connectivity index (χ2n) is 8.20. The van der Waals surface area contributed by atoms with Crippen molar-refractivity contribution in [1.82, 2.24) is 30.0 Å². The number of nitrogens with zero attached hydrogens (tertiary/aromatic N) is 6. The number of nitrogens with one attached hydrogen (secondary N) is 1. The smallest absolute Gasteiger partial charge is 0.338 e. The molecule has 4 heterocycles. The molecule has 1 fully saturated rings. The number of aromatic nitrogens is 4. The van der Waals surface area contributed by atoms with Gasteiger partial charge in [0.15, 0.2) is 0 Å². The van der Waals surface area contributed by atoms with Crippen LogP contribution >= 0.6 is 0 Å². The number of nitriles is 1. The number of rotatable bonds is 4. The van der Waals surface area contributed by atoms with Crippen LogP contribution in [0.4, 0.5) is 0 Å². The average molecular weight is 429 g/mol. The summed E-state index contributed by atoms with van der Waals surface area (Å²) in [7, 11) is 0. The number of carbonyl (C=O) groups excluding carboxylic acids is 1. The lowest BCUT2D eigenvalue weighted by molar-refractivity contribution is 0.0535. The van der Waals surface area contributed by atoms with Crippen LogP contribution in [0.15, 0.2) is 30.7 Å². The number of ether oxygens (including phenoxy) is 1. The monoisotopic (exact) mass is 429 g/mol. The molecule has 0 bridgehead atoms. The molecular formula is C23H23N7O2. The average Bonchev–Trinajstić information content (AvgIpc) is 3.41. The minimum absolute atomic E-state index is 0.185. The van der Waals surface area contributed by atoms with E-state index in [2.05, 4.69) is 38.3 Å². The van der Waals surface area contributed by atoms with Gasteiger partial charge in [0.1, 0.15) is 12.7 Å². The van der Waals surface area contributed by atoms with Crippen molar-refractivity contribution in [2.24, 2.45) is 0 Å². The molecule has 2 aromatic heterocycles. The van der Waals surface area contributed by atoms with E-state index in [-0.39, 0.29) is 12.0 Å². The molecule has 0 radical (unpaired) electrons. The van der Waals surface area contributed by atoms with Crippen LogP contribution in [-0.2, 0) is 17.9 Å². The minimum atomic E-state index is -0.230. The topological polar surface area (TPSA) is 109 Å². The van der Waals surface area contributed by atoms with Gasteiger partial charge >= 0.3 is 5.97 Å². The molecule has 2 aliphatic heterocycles. The van der Waals surface area contributed by atoms with Crippen molar-refractivity contribution in [2.75, 3.05) is 19.6 Å². The number of benzene rings is 1. The molecule has 32 heavy (non-hydrogen) atoms. The van der Waals surface area contributed by atoms with E-state index in [4.69, 9.17) is 10.00 Å². The maximum absolute atomic E-state index is 11.8. The van der Waals surface area contributed by atoms with Crippen molar-refractivity contribution in [2.45, 2.75) is 33.0 Å². The maximum atomic E-state index is 11.8. The number of hydrogen-bond acceptors (Lipinski definition) is 8. The Kier molecular flexibility index (Phi) is 5.17. The molecule has 2 aliphatic rings. The summed E-state index contributed by atoms with van der Waals surface area (Å²) in [6.45, 7) is 7.65. The Hall–Kier alpha value is -3.61. The molecule has 162 valence electrons. The summed E-state index contributed by atoms with van der Waals surface area (Å²) < 4.78 is 6.84. The Balaban J connectivity index is 1.30. The molecular weight excluding hydrogens is 406 g/mol. The highest BCUT2D eigenvalue weighted by Crippen LogP contribution is 2.30. The second-order valence-corrected chi connectivity index (χ2v) is 8.20. The lowest BCUT2D eigenvalue weighted by Gasteiger charge is -2.34. The molecule has 5 rings (SSSR count). The van der Waals surface area contributed by atoms with E-state index in [1.807, 2.05) is 24.5 Å². The third-order valence-corrected chi connectivity index (χ3v) is 6.18. The zero-order valence-electron chi connectivity index (χ0n) is 18.0. The summed E-state index contributed by atoms with van der Waals surface area (Å²) in [5.41, 5.74) is 6.21. The quantitative estimate of drug-likeness (QED) is 0.627. The largest absolute Gasteiger partial charge is 0.457 e. The fraction of sp³-hybridized carbons (Fsp3) is 0.348. The Morgan fingerprint density at radius 1 is 1.31 bits per heavy atom. The lowest BCUT2D eigenvalue weighted by atomic mass is 9.93. The fourth-order valence-electron chi connectivity index (χ4n) is 4.39. The van der Waals surface area contributed by atoms with Gasteiger partial charge in [-0.3, -0.25) is 4.90 Å². The van der Waals surface area contributed by atoms with Gasteiger partial charge in [-0.05, 0) is 31.0 Å². The number of carbonyl (C=O) groups is 1. The summed E-state index contributed by atoms with van der Waals surface area (Å²) in [4.78, 5) is 22.9. The lowest BCUT2D eigenvalue weighted by Crippen LogP contribution is -2.45. The summed E-state index contributed by atoms with van der Waals surface area (Å²) in [5.74, 6) is 0.225. The van der Waals surface area contributed by atoms with Crippen LogP contribution in [-0.4, -0.2) is 50.3 Å². The molecule has 9 heteroatoms. The van der Waals surface area contributed by atoms with E-state index < -0.39 is 0 Å². The standard InChI is InChI=1S/C23H23N7O2/c1-14-18(3-4-19-20(14)13-32-22(19)31)21-12-29(6-5-25-21)10-16-8-27-30(11-16)23-26-9-17(7-24)15(2)28-23/h3-4,8-9,11,21,25H,5-6,10,12-13H2,1-2H3/t21-/m0/s1. The van der Waals surface area contributed by atoms with E-state index in [9.17, 15) is 4.79 Å². The molecule has 1 atom stereocenters. The minimum Gasteiger partial charge on any atom is -0.457 e. The number of esters is 1. The highest BCUT2D eigenvalue weighted by molar-refractivity contribution is 5.94. The highest BCUT2D eigenvalue weighted by atomic mass is 16.5. The Morgan fingerprint density at radius 3 is 3.00 bits per heavy atom. The van der Waals surface area contributed by atoms with Gasteiger partial charge in [-0.1, -0.05) is 6.07 Å². The predicted molar refractivity (Wildman–Crippen MR) is 115 cm³/mol. The molecule has 1 aromatic carbocycles. The van der Waals surface area contributed by atoms with Crippen LogP contribution < -0.4 is 5.32 Å². The van der Waals surface area contributed by atoms with Crippen LogP contribution in [0.5, 0.6) is 0 Å². The van der Waals surface area contributed by atoms with Gasteiger partial charge in [-0.15, -0.1) is 0 Å². The van der Waals surface area contributed by atoms with Crippen LogP contribution in [0.1, 0.15) is 49.9 Å². The Morgan fingerprint density at radius 2 is 2.19 bits per heavy atom. The normalized spacial score (nSPS) is 18.3. The van der Waals surface area contributed by atoms with Crippen LogP contribution in [0.3, 0.4) is 0 Å². The van der Waals surface area contributed by atoms with Gasteiger partial charge in [0, 0.05) is 49.5 Å². The van der Waals surface area contributed by atoms with Gasteiger partial charge in [0.05, 0.1) is 29.2 Å². The van der Waals surface area contributed by atoms with Gasteiger partial charge in [-0.2, -0.15) is 10.4 Å². The maximum Gasteiger partial charge on any atom is 0.338 e. The summed E-state index contributed by atoms with van der Waals surface area (Å²) in [6.07, 6.45) is 5.29. The van der Waals surface area contributed by atoms with Crippen molar-refractivity contribution >= 4 is 5.97 Å². The van der Waals surface area contributed by atoms with Crippen molar-refractivity contribution in [3.63, 3.8) is 0 Å². The number of cyclic esters (lactones) is 1. The molecule has 1 N–H and O–H groups in total. The van der Waals surface area contributed by atoms with E-state index in [1.165, 1.54) is 11.8 Å². The van der Waals surface area contributed by atoms with E-state index in [1.54, 1.807) is 11.6 Å². The first kappa shape index (κ1) is 20.3. The van der Waals surface area contributed by atoms with E-state index in [0.29, 0.717) is 29.4 Å². The second kappa shape index (κ2) is 8.15. The Labute approximate surface area is 185 Å². The molecule has 0 unspecified atom stereocenters. The van der Waals surface area contributed by atoms with E-state index in [0.717, 1.165) is 42.9 Å². The third kappa shape index (κ3) is 3.64. The highest BCUT2D eigenvalue weighted by Gasteiger charge is 2.28. The SMILES string of the molecule is Cc1nc(-n2cc(CN3CCN[C@H](c4ccc5c(c4C)COC5=O)C3)cn2)ncc1C#N. The van der Waals surface area contributed by atoms with Crippen LogP contribution in [0, 0.1) is 25.2 Å². The van der Waals surface area contributed by atoms with E-state index >= 15 is 0 Å². The summed E-state index contributed by atoms with van der Waals surface area (Å²) in [6, 6.07) is 6.20. The molecule has 3 aromatic rings. The first-order valence-corrected chi connectivity index (χ1v) is 10.6. The van der Waals surface area contributed by atoms with Gasteiger partial charge in [0.2, 0.25) is 0 Å². The molecule has 1 saturated heterocycles. The number of piperazine rings is 1. The third-order valence-electron chi connectivity index (χ3n) is 6.18. The Bertz CT molecular complexity index is 1240. The fourth-order valence-corrected chi connectivity index (χ4v) is 4.39. The van der Waals surface area contributed by atoms with Crippen LogP contribution in [0.25, 0.3) is 5.95 Å². The zero-order valence-corrected chi connectivity index (χ0v) is 18.0. The van der Waals surface area contributed by atoms with Gasteiger partial charge in [0.25, 0.3) is 5.95 Å². The van der Waals surface area contributed by atoms with Crippen molar-refractivity contribution < 1.29 is 9.53 Å². The van der Waals surface area contributed by atoms with Crippen molar-refractivity contribution in [1.29, 1.82) is 5.26 Å². The number of aryl methyl sites for hydroxylation is 1. The van der Waals surface area contributed by atoms with Gasteiger partial charge < -0.3 is 10.1 Å². The van der Waals surface area contributed by atoms with Gasteiger partial charge in [-0.25, -0.2) is 19.4 Å². The van der Waals surface area contributed by atoms with Crippen molar-refractivity contribution in [3.05, 3.63) is 69.8 Å². The predicted octanol–water partition coefficient (Wildman–Crippen LogP) is 1.97. The molecule has 0 amide bonds. The molecule has 9 nitrogen and oxygen atoms in total. The summed E-state index contributed by atoms with van der Waals surface area (Å²) >= 11 is 0. The molecule has 0 spiro atoms. The van der Waals surface area contributed by atoms with Crippen LogP contribution in [0.2, 0.25) is 0 Å². The number of fused-ring (bicyclic) bond motifs is 1. The first-order valence-electron chi connectivity index (χ1n) is 10.6. The molecule has 0 saturated carbocycles. The summed E-state index contributed by atoms with van der Waals surface area (Å²) in [5, 5.41) is 17.1.